The highest BCUT2D eigenvalue weighted by Gasteiger charge is 2.08. The van der Waals surface area contributed by atoms with Gasteiger partial charge in [0.15, 0.2) is 5.11 Å². The van der Waals surface area contributed by atoms with E-state index < -0.39 is 0 Å². The third-order valence-corrected chi connectivity index (χ3v) is 3.30. The van der Waals surface area contributed by atoms with Gasteiger partial charge in [0.25, 0.3) is 0 Å². The van der Waals surface area contributed by atoms with E-state index in [1.54, 1.807) is 18.2 Å². The summed E-state index contributed by atoms with van der Waals surface area (Å²) in [6.45, 7) is 2.69. The fourth-order valence-corrected chi connectivity index (χ4v) is 2.31. The van der Waals surface area contributed by atoms with Crippen molar-refractivity contribution in [3.05, 3.63) is 46.1 Å². The lowest BCUT2D eigenvalue weighted by molar-refractivity contribution is 0.574. The molecule has 21 heavy (non-hydrogen) atoms. The SMILES string of the molecule is CCNC(=S)N/N=C/c1ccc(-c2ccc(Cl)cc2Cl)o1. The highest BCUT2D eigenvalue weighted by atomic mass is 35.5. The maximum Gasteiger partial charge on any atom is 0.186 e. The third-order valence-electron chi connectivity index (χ3n) is 2.52. The summed E-state index contributed by atoms with van der Waals surface area (Å²) in [7, 11) is 0. The molecular weight excluding hydrogens is 329 g/mol. The molecule has 2 N–H and O–H groups in total. The number of benzene rings is 1. The Morgan fingerprint density at radius 2 is 2.14 bits per heavy atom. The molecule has 7 heteroatoms. The zero-order chi connectivity index (χ0) is 15.2. The molecule has 0 saturated carbocycles. The van der Waals surface area contributed by atoms with Crippen LogP contribution in [0.25, 0.3) is 11.3 Å². The molecule has 0 aliphatic carbocycles. The first kappa shape index (κ1) is 15.8. The van der Waals surface area contributed by atoms with E-state index in [9.17, 15) is 0 Å². The number of hydrogen-bond donors (Lipinski definition) is 2. The molecule has 110 valence electrons. The van der Waals surface area contributed by atoms with Crippen molar-refractivity contribution in [3.63, 3.8) is 0 Å². The van der Waals surface area contributed by atoms with Gasteiger partial charge in [-0.2, -0.15) is 5.10 Å². The van der Waals surface area contributed by atoms with Crippen LogP contribution in [0.4, 0.5) is 0 Å². The second kappa shape index (κ2) is 7.45. The molecule has 0 spiro atoms. The molecule has 0 aliphatic heterocycles. The molecule has 1 heterocycles. The fraction of sp³-hybridized carbons (Fsp3) is 0.143. The van der Waals surface area contributed by atoms with E-state index in [1.807, 2.05) is 19.1 Å². The van der Waals surface area contributed by atoms with Gasteiger partial charge in [0.05, 0.1) is 11.2 Å². The predicted octanol–water partition coefficient (Wildman–Crippen LogP) is 4.07. The van der Waals surface area contributed by atoms with Crippen molar-refractivity contribution in [2.75, 3.05) is 6.54 Å². The van der Waals surface area contributed by atoms with Crippen LogP contribution in [0.1, 0.15) is 12.7 Å². The Morgan fingerprint density at radius 1 is 1.33 bits per heavy atom. The van der Waals surface area contributed by atoms with Crippen molar-refractivity contribution < 1.29 is 4.42 Å². The lowest BCUT2D eigenvalue weighted by atomic mass is 10.2. The van der Waals surface area contributed by atoms with E-state index in [0.29, 0.717) is 26.7 Å². The first-order valence-electron chi connectivity index (χ1n) is 6.22. The van der Waals surface area contributed by atoms with Gasteiger partial charge in [0.2, 0.25) is 0 Å². The minimum absolute atomic E-state index is 0.460. The van der Waals surface area contributed by atoms with Crippen LogP contribution in [0.5, 0.6) is 0 Å². The highest BCUT2D eigenvalue weighted by Crippen LogP contribution is 2.31. The summed E-state index contributed by atoms with van der Waals surface area (Å²) in [4.78, 5) is 0. The van der Waals surface area contributed by atoms with E-state index in [-0.39, 0.29) is 0 Å². The third kappa shape index (κ3) is 4.46. The first-order valence-corrected chi connectivity index (χ1v) is 7.38. The van der Waals surface area contributed by atoms with Gasteiger partial charge in [-0.3, -0.25) is 5.43 Å². The van der Waals surface area contributed by atoms with E-state index in [1.165, 1.54) is 6.21 Å². The lowest BCUT2D eigenvalue weighted by Crippen LogP contribution is -2.31. The molecule has 0 saturated heterocycles. The second-order valence-corrected chi connectivity index (χ2v) is 5.31. The summed E-state index contributed by atoms with van der Waals surface area (Å²) in [5, 5.41) is 8.47. The zero-order valence-corrected chi connectivity index (χ0v) is 13.5. The molecule has 0 amide bonds. The first-order chi connectivity index (χ1) is 10.1. The molecular formula is C14H13Cl2N3OS. The number of thiocarbonyl (C=S) groups is 1. The minimum Gasteiger partial charge on any atom is -0.455 e. The van der Waals surface area contributed by atoms with Crippen molar-refractivity contribution >= 4 is 46.7 Å². The van der Waals surface area contributed by atoms with E-state index in [2.05, 4.69) is 15.8 Å². The molecule has 0 fully saturated rings. The molecule has 2 aromatic rings. The average Bonchev–Trinajstić information content (AvgIpc) is 2.87. The van der Waals surface area contributed by atoms with Crippen LogP contribution in [-0.4, -0.2) is 17.9 Å². The number of furan rings is 1. The van der Waals surface area contributed by atoms with Gasteiger partial charge in [0.1, 0.15) is 11.5 Å². The van der Waals surface area contributed by atoms with Gasteiger partial charge in [0, 0.05) is 17.1 Å². The number of nitrogens with one attached hydrogen (secondary N) is 2. The Labute approximate surface area is 138 Å². The summed E-state index contributed by atoms with van der Waals surface area (Å²) >= 11 is 17.0. The van der Waals surface area contributed by atoms with Gasteiger partial charge < -0.3 is 9.73 Å². The topological polar surface area (TPSA) is 49.6 Å². The Hall–Kier alpha value is -1.56. The van der Waals surface area contributed by atoms with E-state index in [0.717, 1.165) is 12.1 Å². The molecule has 1 aromatic heterocycles. The number of hydrazone groups is 1. The predicted molar refractivity (Wildman–Crippen MR) is 91.2 cm³/mol. The van der Waals surface area contributed by atoms with Gasteiger partial charge in [-0.1, -0.05) is 23.2 Å². The largest absolute Gasteiger partial charge is 0.455 e. The van der Waals surface area contributed by atoms with E-state index in [4.69, 9.17) is 39.8 Å². The second-order valence-electron chi connectivity index (χ2n) is 4.06. The highest BCUT2D eigenvalue weighted by molar-refractivity contribution is 7.80. The van der Waals surface area contributed by atoms with Crippen LogP contribution >= 0.6 is 35.4 Å². The van der Waals surface area contributed by atoms with Crippen LogP contribution < -0.4 is 10.7 Å². The fourth-order valence-electron chi connectivity index (χ4n) is 1.61. The normalized spacial score (nSPS) is 10.8. The van der Waals surface area contributed by atoms with Crippen LogP contribution in [-0.2, 0) is 0 Å². The number of hydrogen-bond acceptors (Lipinski definition) is 3. The molecule has 0 radical (unpaired) electrons. The van der Waals surface area contributed by atoms with E-state index >= 15 is 0 Å². The molecule has 0 aliphatic rings. The summed E-state index contributed by atoms with van der Waals surface area (Å²) in [5.41, 5.74) is 3.46. The van der Waals surface area contributed by atoms with Crippen LogP contribution in [0.15, 0.2) is 39.9 Å². The molecule has 0 atom stereocenters. The number of rotatable bonds is 4. The molecule has 4 nitrogen and oxygen atoms in total. The van der Waals surface area contributed by atoms with Crippen LogP contribution in [0, 0.1) is 0 Å². The monoisotopic (exact) mass is 341 g/mol. The average molecular weight is 342 g/mol. The molecule has 0 unspecified atom stereocenters. The summed E-state index contributed by atoms with van der Waals surface area (Å²) < 4.78 is 5.65. The maximum absolute atomic E-state index is 6.14. The zero-order valence-electron chi connectivity index (χ0n) is 11.2. The van der Waals surface area contributed by atoms with Crippen molar-refractivity contribution in [1.29, 1.82) is 0 Å². The van der Waals surface area contributed by atoms with Crippen molar-refractivity contribution in [2.24, 2.45) is 5.10 Å². The standard InChI is InChI=1S/C14H13Cl2N3OS/c1-2-17-14(21)19-18-8-10-4-6-13(20-10)11-5-3-9(15)7-12(11)16/h3-8H,2H2,1H3,(H2,17,19,21)/b18-8+. The van der Waals surface area contributed by atoms with Crippen molar-refractivity contribution in [1.82, 2.24) is 10.7 Å². The Balaban J connectivity index is 2.07. The molecule has 1 aromatic carbocycles. The summed E-state index contributed by atoms with van der Waals surface area (Å²) in [6, 6.07) is 8.85. The van der Waals surface area contributed by atoms with Gasteiger partial charge in [-0.05, 0) is 49.5 Å². The van der Waals surface area contributed by atoms with Crippen molar-refractivity contribution in [3.8, 4) is 11.3 Å². The Kier molecular flexibility index (Phi) is 5.61. The van der Waals surface area contributed by atoms with Crippen LogP contribution in [0.2, 0.25) is 10.0 Å². The van der Waals surface area contributed by atoms with Crippen LogP contribution in [0.3, 0.4) is 0 Å². The number of nitrogens with zero attached hydrogens (tertiary/aromatic N) is 1. The van der Waals surface area contributed by atoms with Gasteiger partial charge >= 0.3 is 0 Å². The Morgan fingerprint density at radius 3 is 2.86 bits per heavy atom. The van der Waals surface area contributed by atoms with Gasteiger partial charge in [-0.25, -0.2) is 0 Å². The number of halogens is 2. The minimum atomic E-state index is 0.460. The summed E-state index contributed by atoms with van der Waals surface area (Å²) in [6.07, 6.45) is 1.54. The smallest absolute Gasteiger partial charge is 0.186 e. The quantitative estimate of drug-likeness (QED) is 0.500. The van der Waals surface area contributed by atoms with Gasteiger partial charge in [-0.15, -0.1) is 0 Å². The summed E-state index contributed by atoms with van der Waals surface area (Å²) in [5.74, 6) is 1.23. The van der Waals surface area contributed by atoms with Crippen molar-refractivity contribution in [2.45, 2.75) is 6.92 Å². The lowest BCUT2D eigenvalue weighted by Gasteiger charge is -2.02. The molecule has 0 bridgehead atoms. The Bertz CT molecular complexity index is 670. The molecule has 2 rings (SSSR count). The maximum atomic E-state index is 6.14.